The van der Waals surface area contributed by atoms with Crippen LogP contribution in [0.15, 0.2) is 18.5 Å². The second-order valence-corrected chi connectivity index (χ2v) is 6.76. The average Bonchev–Trinajstić information content (AvgIpc) is 3.18. The summed E-state index contributed by atoms with van der Waals surface area (Å²) < 4.78 is 41.1. The van der Waals surface area contributed by atoms with Gasteiger partial charge in [-0.1, -0.05) is 19.3 Å². The van der Waals surface area contributed by atoms with Gasteiger partial charge in [0.15, 0.2) is 11.6 Å². The predicted molar refractivity (Wildman–Crippen MR) is 99.7 cm³/mol. The van der Waals surface area contributed by atoms with Crippen LogP contribution in [0.5, 0.6) is 11.6 Å². The van der Waals surface area contributed by atoms with Gasteiger partial charge in [-0.25, -0.2) is 8.78 Å². The minimum atomic E-state index is -0.678. The Morgan fingerprint density at radius 1 is 1.07 bits per heavy atom. The second-order valence-electron chi connectivity index (χ2n) is 6.76. The number of hydrogen-bond donors (Lipinski definition) is 1. The van der Waals surface area contributed by atoms with Crippen molar-refractivity contribution in [3.05, 3.63) is 30.1 Å². The van der Waals surface area contributed by atoms with Gasteiger partial charge in [0.25, 0.3) is 5.78 Å². The number of halogens is 2. The summed E-state index contributed by atoms with van der Waals surface area (Å²) in [5.74, 6) is -0.560. The van der Waals surface area contributed by atoms with E-state index in [9.17, 15) is 8.78 Å². The number of nitrogens with zero attached hydrogens (tertiary/aromatic N) is 4. The average molecular weight is 389 g/mol. The zero-order chi connectivity index (χ0) is 19.7. The summed E-state index contributed by atoms with van der Waals surface area (Å²) in [4.78, 5) is 8.42. The Labute approximate surface area is 160 Å². The molecule has 0 amide bonds. The first kappa shape index (κ1) is 18.4. The van der Waals surface area contributed by atoms with Crippen LogP contribution in [-0.2, 0) is 0 Å². The fourth-order valence-electron chi connectivity index (χ4n) is 3.66. The van der Waals surface area contributed by atoms with E-state index < -0.39 is 11.6 Å². The molecule has 9 heteroatoms. The van der Waals surface area contributed by atoms with Gasteiger partial charge in [0.05, 0.1) is 19.8 Å². The summed E-state index contributed by atoms with van der Waals surface area (Å²) >= 11 is 0. The van der Waals surface area contributed by atoms with Crippen molar-refractivity contribution in [1.82, 2.24) is 19.6 Å². The van der Waals surface area contributed by atoms with Gasteiger partial charge >= 0.3 is 0 Å². The molecule has 1 saturated carbocycles. The standard InChI is InChI=1S/C19H21F2N5O2/c1-27-15-9-13(20)12(8-14(15)21)16-17(24-11-6-4-3-5-7-11)26-19(22-10-23-26)25-18(16)28-2/h8-11,24H,3-7H2,1-2H3. The SMILES string of the molecule is COc1cc(F)c(-c2c(OC)nc3ncnn3c2NC2CCCCC2)cc1F. The maximum absolute atomic E-state index is 14.9. The first-order valence-corrected chi connectivity index (χ1v) is 9.20. The van der Waals surface area contributed by atoms with Crippen LogP contribution in [-0.4, -0.2) is 39.8 Å². The fraction of sp³-hybridized carbons (Fsp3) is 0.421. The molecule has 2 heterocycles. The number of hydrogen-bond acceptors (Lipinski definition) is 6. The quantitative estimate of drug-likeness (QED) is 0.715. The van der Waals surface area contributed by atoms with Crippen LogP contribution in [0.3, 0.4) is 0 Å². The molecule has 1 aliphatic carbocycles. The largest absolute Gasteiger partial charge is 0.494 e. The fourth-order valence-corrected chi connectivity index (χ4v) is 3.66. The molecule has 1 aliphatic rings. The molecule has 1 aromatic carbocycles. The number of aromatic nitrogens is 4. The molecule has 28 heavy (non-hydrogen) atoms. The second kappa shape index (κ2) is 7.57. The summed E-state index contributed by atoms with van der Waals surface area (Å²) in [5.41, 5.74) is 0.309. The van der Waals surface area contributed by atoms with E-state index >= 15 is 0 Å². The van der Waals surface area contributed by atoms with E-state index in [0.717, 1.165) is 37.8 Å². The van der Waals surface area contributed by atoms with Crippen molar-refractivity contribution in [2.45, 2.75) is 38.1 Å². The molecule has 0 unspecified atom stereocenters. The molecule has 0 bridgehead atoms. The molecule has 3 aromatic rings. The molecule has 1 fully saturated rings. The van der Waals surface area contributed by atoms with Crippen LogP contribution in [0.25, 0.3) is 16.9 Å². The van der Waals surface area contributed by atoms with E-state index in [1.807, 2.05) is 0 Å². The molecule has 4 rings (SSSR count). The summed E-state index contributed by atoms with van der Waals surface area (Å²) in [6.07, 6.45) is 6.76. The minimum Gasteiger partial charge on any atom is -0.494 e. The molecular formula is C19H21F2N5O2. The van der Waals surface area contributed by atoms with E-state index in [2.05, 4.69) is 20.4 Å². The lowest BCUT2D eigenvalue weighted by molar-refractivity contribution is 0.382. The first-order chi connectivity index (χ1) is 13.6. The zero-order valence-electron chi connectivity index (χ0n) is 15.7. The highest BCUT2D eigenvalue weighted by Gasteiger charge is 2.26. The predicted octanol–water partition coefficient (Wildman–Crippen LogP) is 3.83. The smallest absolute Gasteiger partial charge is 0.257 e. The lowest BCUT2D eigenvalue weighted by atomic mass is 9.95. The highest BCUT2D eigenvalue weighted by molar-refractivity contribution is 5.82. The van der Waals surface area contributed by atoms with E-state index in [1.54, 1.807) is 0 Å². The summed E-state index contributed by atoms with van der Waals surface area (Å²) in [6.45, 7) is 0. The van der Waals surface area contributed by atoms with Crippen molar-refractivity contribution in [3.8, 4) is 22.8 Å². The van der Waals surface area contributed by atoms with Crippen molar-refractivity contribution in [1.29, 1.82) is 0 Å². The third-order valence-corrected chi connectivity index (χ3v) is 5.04. The van der Waals surface area contributed by atoms with Crippen LogP contribution in [0.1, 0.15) is 32.1 Å². The number of benzene rings is 1. The Hall–Kier alpha value is -2.97. The number of rotatable bonds is 5. The number of nitrogens with one attached hydrogen (secondary N) is 1. The Kier molecular flexibility index (Phi) is 4.97. The van der Waals surface area contributed by atoms with Crippen molar-refractivity contribution in [2.75, 3.05) is 19.5 Å². The zero-order valence-corrected chi connectivity index (χ0v) is 15.7. The number of anilines is 1. The van der Waals surface area contributed by atoms with Gasteiger partial charge in [0, 0.05) is 17.7 Å². The molecule has 0 atom stereocenters. The lowest BCUT2D eigenvalue weighted by Crippen LogP contribution is -2.24. The van der Waals surface area contributed by atoms with Crippen LogP contribution < -0.4 is 14.8 Å². The van der Waals surface area contributed by atoms with E-state index in [1.165, 1.54) is 31.5 Å². The Morgan fingerprint density at radius 2 is 1.86 bits per heavy atom. The van der Waals surface area contributed by atoms with E-state index in [0.29, 0.717) is 17.2 Å². The van der Waals surface area contributed by atoms with Crippen LogP contribution in [0.2, 0.25) is 0 Å². The van der Waals surface area contributed by atoms with Gasteiger partial charge in [-0.2, -0.15) is 19.6 Å². The normalized spacial score (nSPS) is 15.0. The van der Waals surface area contributed by atoms with Crippen molar-refractivity contribution in [2.24, 2.45) is 0 Å². The molecule has 7 nitrogen and oxygen atoms in total. The monoisotopic (exact) mass is 389 g/mol. The molecule has 0 aliphatic heterocycles. The molecule has 0 saturated heterocycles. The Bertz CT molecular complexity index is 1000. The molecule has 1 N–H and O–H groups in total. The maximum atomic E-state index is 14.9. The summed E-state index contributed by atoms with van der Waals surface area (Å²) in [6, 6.07) is 2.29. The third-order valence-electron chi connectivity index (χ3n) is 5.04. The van der Waals surface area contributed by atoms with E-state index in [4.69, 9.17) is 9.47 Å². The summed E-state index contributed by atoms with van der Waals surface area (Å²) in [5, 5.41) is 7.66. The van der Waals surface area contributed by atoms with Gasteiger partial charge in [-0.05, 0) is 18.9 Å². The van der Waals surface area contributed by atoms with Crippen LogP contribution in [0, 0.1) is 11.6 Å². The Morgan fingerprint density at radius 3 is 2.57 bits per heavy atom. The lowest BCUT2D eigenvalue weighted by Gasteiger charge is -2.26. The highest BCUT2D eigenvalue weighted by Crippen LogP contribution is 2.40. The first-order valence-electron chi connectivity index (χ1n) is 9.20. The summed E-state index contributed by atoms with van der Waals surface area (Å²) in [7, 11) is 2.72. The molecular weight excluding hydrogens is 368 g/mol. The topological polar surface area (TPSA) is 73.6 Å². The molecule has 0 radical (unpaired) electrons. The maximum Gasteiger partial charge on any atom is 0.257 e. The van der Waals surface area contributed by atoms with Gasteiger partial charge in [0.1, 0.15) is 18.0 Å². The number of ether oxygens (including phenoxy) is 2. The molecule has 2 aromatic heterocycles. The van der Waals surface area contributed by atoms with Crippen molar-refractivity contribution < 1.29 is 18.3 Å². The van der Waals surface area contributed by atoms with Gasteiger partial charge < -0.3 is 14.8 Å². The highest BCUT2D eigenvalue weighted by atomic mass is 19.1. The molecule has 0 spiro atoms. The number of fused-ring (bicyclic) bond motifs is 1. The van der Waals surface area contributed by atoms with Crippen molar-refractivity contribution >= 4 is 11.6 Å². The van der Waals surface area contributed by atoms with E-state index in [-0.39, 0.29) is 23.2 Å². The van der Waals surface area contributed by atoms with Crippen molar-refractivity contribution in [3.63, 3.8) is 0 Å². The number of methoxy groups -OCH3 is 2. The van der Waals surface area contributed by atoms with Gasteiger partial charge in [-0.3, -0.25) is 0 Å². The third kappa shape index (κ3) is 3.21. The van der Waals surface area contributed by atoms with Gasteiger partial charge in [-0.15, -0.1) is 0 Å². The van der Waals surface area contributed by atoms with Crippen LogP contribution >= 0.6 is 0 Å². The van der Waals surface area contributed by atoms with Crippen LogP contribution in [0.4, 0.5) is 14.6 Å². The molecule has 148 valence electrons. The van der Waals surface area contributed by atoms with Gasteiger partial charge in [0.2, 0.25) is 5.88 Å². The Balaban J connectivity index is 1.93. The minimum absolute atomic E-state index is 0.0124.